The number of nitrogens with zero attached hydrogens (tertiary/aromatic N) is 1. The Hall–Kier alpha value is -1.79. The second-order valence-electron chi connectivity index (χ2n) is 5.03. The monoisotopic (exact) mass is 286 g/mol. The smallest absolute Gasteiger partial charge is 0.328 e. The quantitative estimate of drug-likeness (QED) is 0.730. The lowest BCUT2D eigenvalue weighted by Crippen LogP contribution is -2.53. The third-order valence-corrected chi connectivity index (χ3v) is 3.74. The van der Waals surface area contributed by atoms with Crippen LogP contribution in [-0.2, 0) is 14.3 Å². The van der Waals surface area contributed by atoms with Crippen LogP contribution in [-0.4, -0.2) is 53.7 Å². The number of hydrogen-bond donors (Lipinski definition) is 2. The summed E-state index contributed by atoms with van der Waals surface area (Å²) in [6, 6.07) is -2.09. The number of aliphatic carboxylic acids is 1. The first-order valence-corrected chi connectivity index (χ1v) is 6.80. The standard InChI is InChI=1S/C13H22N2O5/c1-4-8(2)10(11(16)17)14-13(19)15-7-5-6-9(15)12(18)20-3/h8-10H,4-7H2,1-3H3,(H,14,19)(H,16,17). The fraction of sp³-hybridized carbons (Fsp3) is 0.769. The number of rotatable bonds is 5. The van der Waals surface area contributed by atoms with E-state index in [1.54, 1.807) is 6.92 Å². The zero-order chi connectivity index (χ0) is 15.3. The minimum Gasteiger partial charge on any atom is -0.480 e. The van der Waals surface area contributed by atoms with Crippen molar-refractivity contribution in [2.45, 2.75) is 45.2 Å². The largest absolute Gasteiger partial charge is 0.480 e. The van der Waals surface area contributed by atoms with Gasteiger partial charge in [0.1, 0.15) is 12.1 Å². The average molecular weight is 286 g/mol. The van der Waals surface area contributed by atoms with Gasteiger partial charge in [-0.2, -0.15) is 0 Å². The lowest BCUT2D eigenvalue weighted by molar-refractivity contribution is -0.144. The summed E-state index contributed by atoms with van der Waals surface area (Å²) in [4.78, 5) is 36.3. The van der Waals surface area contributed by atoms with E-state index in [0.29, 0.717) is 25.8 Å². The van der Waals surface area contributed by atoms with Crippen molar-refractivity contribution in [3.63, 3.8) is 0 Å². The molecule has 20 heavy (non-hydrogen) atoms. The van der Waals surface area contributed by atoms with Gasteiger partial charge in [-0.3, -0.25) is 0 Å². The summed E-state index contributed by atoms with van der Waals surface area (Å²) in [6.45, 7) is 4.05. The first kappa shape index (κ1) is 16.3. The molecule has 0 aromatic rings. The Labute approximate surface area is 118 Å². The molecule has 7 nitrogen and oxygen atoms in total. The predicted octanol–water partition coefficient (Wildman–Crippen LogP) is 0.833. The van der Waals surface area contributed by atoms with E-state index in [4.69, 9.17) is 5.11 Å². The lowest BCUT2D eigenvalue weighted by Gasteiger charge is -2.27. The van der Waals surface area contributed by atoms with Gasteiger partial charge < -0.3 is 20.1 Å². The number of ether oxygens (including phenoxy) is 1. The Bertz CT molecular complexity index is 385. The highest BCUT2D eigenvalue weighted by molar-refractivity contribution is 5.87. The van der Waals surface area contributed by atoms with Crippen LogP contribution in [0.25, 0.3) is 0 Å². The zero-order valence-corrected chi connectivity index (χ0v) is 12.1. The van der Waals surface area contributed by atoms with Crippen LogP contribution in [0.4, 0.5) is 4.79 Å². The highest BCUT2D eigenvalue weighted by Gasteiger charge is 2.37. The molecule has 0 aromatic heterocycles. The Morgan fingerprint density at radius 3 is 2.60 bits per heavy atom. The maximum absolute atomic E-state index is 12.2. The summed E-state index contributed by atoms with van der Waals surface area (Å²) < 4.78 is 4.66. The first-order chi connectivity index (χ1) is 9.42. The third kappa shape index (κ3) is 3.61. The fourth-order valence-electron chi connectivity index (χ4n) is 2.29. The number of carboxylic acid groups (broad SMARTS) is 1. The van der Waals surface area contributed by atoms with Crippen LogP contribution in [0.1, 0.15) is 33.1 Å². The van der Waals surface area contributed by atoms with Gasteiger partial charge in [0.2, 0.25) is 0 Å². The molecule has 2 amide bonds. The number of carboxylic acids is 1. The molecule has 3 unspecified atom stereocenters. The van der Waals surface area contributed by atoms with Crippen molar-refractivity contribution in [3.8, 4) is 0 Å². The van der Waals surface area contributed by atoms with Gasteiger partial charge in [0.15, 0.2) is 0 Å². The van der Waals surface area contributed by atoms with E-state index < -0.39 is 30.1 Å². The van der Waals surface area contributed by atoms with E-state index in [1.807, 2.05) is 6.92 Å². The minimum atomic E-state index is -1.07. The van der Waals surface area contributed by atoms with Gasteiger partial charge in [0.05, 0.1) is 7.11 Å². The lowest BCUT2D eigenvalue weighted by atomic mass is 9.99. The molecule has 1 heterocycles. The number of likely N-dealkylation sites (tertiary alicyclic amines) is 1. The number of methoxy groups -OCH3 is 1. The Kier molecular flexibility index (Phi) is 5.79. The molecular formula is C13H22N2O5. The molecule has 7 heteroatoms. The molecule has 1 aliphatic heterocycles. The molecule has 0 spiro atoms. The molecule has 0 aliphatic carbocycles. The van der Waals surface area contributed by atoms with Gasteiger partial charge in [-0.15, -0.1) is 0 Å². The maximum atomic E-state index is 12.2. The van der Waals surface area contributed by atoms with E-state index in [2.05, 4.69) is 10.1 Å². The van der Waals surface area contributed by atoms with Crippen molar-refractivity contribution in [3.05, 3.63) is 0 Å². The molecule has 114 valence electrons. The molecule has 0 aromatic carbocycles. The zero-order valence-electron chi connectivity index (χ0n) is 12.1. The second-order valence-corrected chi connectivity index (χ2v) is 5.03. The van der Waals surface area contributed by atoms with Crippen molar-refractivity contribution in [2.24, 2.45) is 5.92 Å². The number of carbonyl (C=O) groups excluding carboxylic acids is 2. The number of carbonyl (C=O) groups is 3. The molecule has 2 N–H and O–H groups in total. The summed E-state index contributed by atoms with van der Waals surface area (Å²) in [7, 11) is 1.27. The molecular weight excluding hydrogens is 264 g/mol. The van der Waals surface area contributed by atoms with E-state index >= 15 is 0 Å². The maximum Gasteiger partial charge on any atom is 0.328 e. The van der Waals surface area contributed by atoms with Gasteiger partial charge in [0.25, 0.3) is 0 Å². The number of urea groups is 1. The van der Waals surface area contributed by atoms with Crippen LogP contribution in [0.3, 0.4) is 0 Å². The van der Waals surface area contributed by atoms with Gasteiger partial charge in [-0.1, -0.05) is 20.3 Å². The molecule has 3 atom stereocenters. The SMILES string of the molecule is CCC(C)C(NC(=O)N1CCCC1C(=O)OC)C(=O)O. The molecule has 0 saturated carbocycles. The van der Waals surface area contributed by atoms with Crippen molar-refractivity contribution >= 4 is 18.0 Å². The predicted molar refractivity (Wildman–Crippen MR) is 71.2 cm³/mol. The topological polar surface area (TPSA) is 95.9 Å². The van der Waals surface area contributed by atoms with E-state index in [0.717, 1.165) is 0 Å². The second kappa shape index (κ2) is 7.12. The highest BCUT2D eigenvalue weighted by Crippen LogP contribution is 2.19. The normalized spacial score (nSPS) is 21.1. The molecule has 0 bridgehead atoms. The average Bonchev–Trinajstić information content (AvgIpc) is 2.91. The van der Waals surface area contributed by atoms with Crippen LogP contribution in [0.15, 0.2) is 0 Å². The van der Waals surface area contributed by atoms with Crippen molar-refractivity contribution in [1.82, 2.24) is 10.2 Å². The van der Waals surface area contributed by atoms with Crippen LogP contribution >= 0.6 is 0 Å². The van der Waals surface area contributed by atoms with Gasteiger partial charge in [-0.25, -0.2) is 14.4 Å². The first-order valence-electron chi connectivity index (χ1n) is 6.80. The molecule has 0 radical (unpaired) electrons. The van der Waals surface area contributed by atoms with E-state index in [9.17, 15) is 14.4 Å². The molecule has 1 rings (SSSR count). The number of nitrogens with one attached hydrogen (secondary N) is 1. The van der Waals surface area contributed by atoms with E-state index in [-0.39, 0.29) is 5.92 Å². The van der Waals surface area contributed by atoms with Crippen LogP contribution in [0.2, 0.25) is 0 Å². The highest BCUT2D eigenvalue weighted by atomic mass is 16.5. The molecule has 1 saturated heterocycles. The fourth-order valence-corrected chi connectivity index (χ4v) is 2.29. The Morgan fingerprint density at radius 2 is 2.10 bits per heavy atom. The third-order valence-electron chi connectivity index (χ3n) is 3.74. The molecule has 1 aliphatic rings. The number of esters is 1. The summed E-state index contributed by atoms with van der Waals surface area (Å²) in [5.41, 5.74) is 0. The van der Waals surface area contributed by atoms with Gasteiger partial charge in [-0.05, 0) is 18.8 Å². The van der Waals surface area contributed by atoms with Crippen LogP contribution in [0, 0.1) is 5.92 Å². The summed E-state index contributed by atoms with van der Waals surface area (Å²) in [5, 5.41) is 11.7. The number of amides is 2. The van der Waals surface area contributed by atoms with Crippen LogP contribution in [0.5, 0.6) is 0 Å². The minimum absolute atomic E-state index is 0.185. The van der Waals surface area contributed by atoms with Crippen molar-refractivity contribution in [1.29, 1.82) is 0 Å². The van der Waals surface area contributed by atoms with E-state index in [1.165, 1.54) is 12.0 Å². The van der Waals surface area contributed by atoms with Crippen molar-refractivity contribution in [2.75, 3.05) is 13.7 Å². The Balaban J connectivity index is 2.73. The number of hydrogen-bond acceptors (Lipinski definition) is 4. The van der Waals surface area contributed by atoms with Crippen molar-refractivity contribution < 1.29 is 24.2 Å². The Morgan fingerprint density at radius 1 is 1.45 bits per heavy atom. The summed E-state index contributed by atoms with van der Waals surface area (Å²) >= 11 is 0. The van der Waals surface area contributed by atoms with Crippen LogP contribution < -0.4 is 5.32 Å². The van der Waals surface area contributed by atoms with Gasteiger partial charge >= 0.3 is 18.0 Å². The summed E-state index contributed by atoms with van der Waals surface area (Å²) in [5.74, 6) is -1.72. The molecule has 1 fully saturated rings. The summed E-state index contributed by atoms with van der Waals surface area (Å²) in [6.07, 6.45) is 1.88. The van der Waals surface area contributed by atoms with Gasteiger partial charge in [0, 0.05) is 6.54 Å².